The summed E-state index contributed by atoms with van der Waals surface area (Å²) in [5, 5.41) is 13.7. The van der Waals surface area contributed by atoms with Crippen molar-refractivity contribution in [1.29, 1.82) is 0 Å². The smallest absolute Gasteiger partial charge is 0.277 e. The first kappa shape index (κ1) is 17.0. The molecule has 0 atom stereocenters. The first-order chi connectivity index (χ1) is 11.0. The number of hydrogen-bond acceptors (Lipinski definition) is 4. The highest BCUT2D eigenvalue weighted by atomic mass is 79.9. The second-order valence-electron chi connectivity index (χ2n) is 4.64. The molecule has 2 rings (SSSR count). The van der Waals surface area contributed by atoms with Crippen molar-refractivity contribution in [2.24, 2.45) is 5.10 Å². The summed E-state index contributed by atoms with van der Waals surface area (Å²) in [6.45, 7) is 1.35. The zero-order valence-corrected chi connectivity index (χ0v) is 13.8. The molecule has 2 aromatic rings. The average Bonchev–Trinajstić information content (AvgIpc) is 2.53. The Hall–Kier alpha value is -2.41. The highest BCUT2D eigenvalue weighted by Gasteiger charge is 2.07. The Morgan fingerprint density at radius 1 is 1.35 bits per heavy atom. The second kappa shape index (κ2) is 7.73. The fraction of sp³-hybridized carbons (Fsp3) is 0.125. The molecular weight excluding hydrogens is 367 g/mol. The summed E-state index contributed by atoms with van der Waals surface area (Å²) in [6, 6.07) is 10.4. The number of nitrogens with zero attached hydrogens (tertiary/aromatic N) is 1. The van der Waals surface area contributed by atoms with Gasteiger partial charge in [-0.15, -0.1) is 0 Å². The molecule has 0 aromatic heterocycles. The Labute approximate surface area is 140 Å². The first-order valence-corrected chi connectivity index (χ1v) is 7.45. The predicted octanol–water partition coefficient (Wildman–Crippen LogP) is 3.21. The van der Waals surface area contributed by atoms with E-state index >= 15 is 0 Å². The van der Waals surface area contributed by atoms with Crippen LogP contribution in [0.3, 0.4) is 0 Å². The van der Waals surface area contributed by atoms with Crippen LogP contribution in [0.4, 0.5) is 4.39 Å². The van der Waals surface area contributed by atoms with Gasteiger partial charge in [-0.05, 0) is 37.3 Å². The van der Waals surface area contributed by atoms with E-state index in [-0.39, 0.29) is 18.1 Å². The number of nitrogens with one attached hydrogen (secondary N) is 1. The fourth-order valence-electron chi connectivity index (χ4n) is 1.74. The molecule has 0 heterocycles. The van der Waals surface area contributed by atoms with Crippen molar-refractivity contribution in [3.8, 4) is 11.5 Å². The minimum absolute atomic E-state index is 0.0553. The van der Waals surface area contributed by atoms with Crippen molar-refractivity contribution >= 4 is 27.5 Å². The van der Waals surface area contributed by atoms with Crippen molar-refractivity contribution in [3.05, 3.63) is 58.3 Å². The molecular formula is C16H14BrFN2O3. The summed E-state index contributed by atoms with van der Waals surface area (Å²) in [4.78, 5) is 11.7. The van der Waals surface area contributed by atoms with E-state index in [1.54, 1.807) is 25.1 Å². The van der Waals surface area contributed by atoms with Gasteiger partial charge in [0.25, 0.3) is 5.91 Å². The summed E-state index contributed by atoms with van der Waals surface area (Å²) in [6.07, 6.45) is 0. The molecule has 23 heavy (non-hydrogen) atoms. The Kier molecular flexibility index (Phi) is 5.70. The van der Waals surface area contributed by atoms with Gasteiger partial charge >= 0.3 is 0 Å². The summed E-state index contributed by atoms with van der Waals surface area (Å²) in [7, 11) is 0. The van der Waals surface area contributed by atoms with E-state index in [0.29, 0.717) is 11.3 Å². The highest BCUT2D eigenvalue weighted by Crippen LogP contribution is 2.22. The molecule has 0 radical (unpaired) electrons. The SMILES string of the molecule is C/C(=N\NC(=O)COc1cccc(F)c1)c1cc(Br)ccc1O. The molecule has 0 saturated carbocycles. The van der Waals surface area contributed by atoms with Crippen LogP contribution < -0.4 is 10.2 Å². The molecule has 0 bridgehead atoms. The maximum absolute atomic E-state index is 13.0. The van der Waals surface area contributed by atoms with E-state index in [9.17, 15) is 14.3 Å². The molecule has 0 unspecified atom stereocenters. The number of benzene rings is 2. The van der Waals surface area contributed by atoms with Crippen LogP contribution in [0.5, 0.6) is 11.5 Å². The predicted molar refractivity (Wildman–Crippen MR) is 88.1 cm³/mol. The number of carbonyl (C=O) groups excluding carboxylic acids is 1. The van der Waals surface area contributed by atoms with Gasteiger partial charge in [-0.3, -0.25) is 4.79 Å². The van der Waals surface area contributed by atoms with E-state index in [1.807, 2.05) is 0 Å². The monoisotopic (exact) mass is 380 g/mol. The number of ether oxygens (including phenoxy) is 1. The summed E-state index contributed by atoms with van der Waals surface area (Å²) in [5.74, 6) is -0.629. The maximum atomic E-state index is 13.0. The Morgan fingerprint density at radius 2 is 2.13 bits per heavy atom. The van der Waals surface area contributed by atoms with Gasteiger partial charge in [0.1, 0.15) is 17.3 Å². The highest BCUT2D eigenvalue weighted by molar-refractivity contribution is 9.10. The molecule has 2 aromatic carbocycles. The van der Waals surface area contributed by atoms with E-state index in [2.05, 4.69) is 26.5 Å². The number of hydrogen-bond donors (Lipinski definition) is 2. The number of carbonyl (C=O) groups is 1. The van der Waals surface area contributed by atoms with Gasteiger partial charge in [0.15, 0.2) is 6.61 Å². The van der Waals surface area contributed by atoms with Crippen LogP contribution in [0, 0.1) is 5.82 Å². The fourth-order valence-corrected chi connectivity index (χ4v) is 2.10. The Morgan fingerprint density at radius 3 is 2.87 bits per heavy atom. The largest absolute Gasteiger partial charge is 0.507 e. The van der Waals surface area contributed by atoms with E-state index in [0.717, 1.165) is 4.47 Å². The van der Waals surface area contributed by atoms with Crippen molar-refractivity contribution in [3.63, 3.8) is 0 Å². The number of rotatable bonds is 5. The Balaban J connectivity index is 1.93. The number of aromatic hydroxyl groups is 1. The third-order valence-corrected chi connectivity index (χ3v) is 3.36. The van der Waals surface area contributed by atoms with E-state index in [1.165, 1.54) is 24.3 Å². The summed E-state index contributed by atoms with van der Waals surface area (Å²) in [5.41, 5.74) is 3.24. The number of phenolic OH excluding ortho intramolecular Hbond substituents is 1. The van der Waals surface area contributed by atoms with Gasteiger partial charge in [-0.1, -0.05) is 22.0 Å². The lowest BCUT2D eigenvalue weighted by Crippen LogP contribution is -2.25. The molecule has 0 aliphatic heterocycles. The van der Waals surface area contributed by atoms with Crippen LogP contribution in [0.2, 0.25) is 0 Å². The summed E-state index contributed by atoms with van der Waals surface area (Å²) < 4.78 is 18.9. The van der Waals surface area contributed by atoms with Crippen molar-refractivity contribution < 1.29 is 19.0 Å². The average molecular weight is 381 g/mol. The van der Waals surface area contributed by atoms with Gasteiger partial charge in [-0.2, -0.15) is 5.10 Å². The molecule has 2 N–H and O–H groups in total. The second-order valence-corrected chi connectivity index (χ2v) is 5.56. The van der Waals surface area contributed by atoms with Crippen LogP contribution in [-0.2, 0) is 4.79 Å². The standard InChI is InChI=1S/C16H14BrFN2O3/c1-10(14-7-11(17)5-6-15(14)21)19-20-16(22)9-23-13-4-2-3-12(18)8-13/h2-8,21H,9H2,1H3,(H,20,22)/b19-10+. The lowest BCUT2D eigenvalue weighted by Gasteiger charge is -2.07. The molecule has 1 amide bonds. The van der Waals surface area contributed by atoms with Crippen molar-refractivity contribution in [2.45, 2.75) is 6.92 Å². The quantitative estimate of drug-likeness (QED) is 0.617. The van der Waals surface area contributed by atoms with Crippen LogP contribution in [0.1, 0.15) is 12.5 Å². The topological polar surface area (TPSA) is 70.9 Å². The summed E-state index contributed by atoms with van der Waals surface area (Å²) >= 11 is 3.30. The molecule has 0 aliphatic carbocycles. The molecule has 0 saturated heterocycles. The number of halogens is 2. The van der Waals surface area contributed by atoms with E-state index < -0.39 is 11.7 Å². The number of amides is 1. The Bertz CT molecular complexity index is 750. The zero-order valence-electron chi connectivity index (χ0n) is 12.2. The normalized spacial score (nSPS) is 11.2. The zero-order chi connectivity index (χ0) is 16.8. The van der Waals surface area contributed by atoms with Gasteiger partial charge in [0, 0.05) is 16.1 Å². The van der Waals surface area contributed by atoms with Gasteiger partial charge < -0.3 is 9.84 Å². The minimum Gasteiger partial charge on any atom is -0.507 e. The lowest BCUT2D eigenvalue weighted by atomic mass is 10.1. The van der Waals surface area contributed by atoms with Crippen LogP contribution in [-0.4, -0.2) is 23.3 Å². The molecule has 0 aliphatic rings. The van der Waals surface area contributed by atoms with Crippen molar-refractivity contribution in [1.82, 2.24) is 5.43 Å². The van der Waals surface area contributed by atoms with E-state index in [4.69, 9.17) is 4.74 Å². The third kappa shape index (κ3) is 5.07. The van der Waals surface area contributed by atoms with Crippen molar-refractivity contribution in [2.75, 3.05) is 6.61 Å². The first-order valence-electron chi connectivity index (χ1n) is 6.66. The molecule has 5 nitrogen and oxygen atoms in total. The lowest BCUT2D eigenvalue weighted by molar-refractivity contribution is -0.123. The van der Waals surface area contributed by atoms with Crippen LogP contribution in [0.15, 0.2) is 52.0 Å². The molecule has 120 valence electrons. The third-order valence-electron chi connectivity index (χ3n) is 2.86. The molecule has 7 heteroatoms. The minimum atomic E-state index is -0.497. The van der Waals surface area contributed by atoms with Gasteiger partial charge in [0.2, 0.25) is 0 Å². The van der Waals surface area contributed by atoms with Gasteiger partial charge in [0.05, 0.1) is 5.71 Å². The number of hydrazone groups is 1. The molecule has 0 fully saturated rings. The van der Waals surface area contributed by atoms with Crippen LogP contribution in [0.25, 0.3) is 0 Å². The van der Waals surface area contributed by atoms with Gasteiger partial charge in [-0.25, -0.2) is 9.82 Å². The maximum Gasteiger partial charge on any atom is 0.277 e. The molecule has 0 spiro atoms. The van der Waals surface area contributed by atoms with Crippen LogP contribution >= 0.6 is 15.9 Å². The number of phenols is 1.